The van der Waals surface area contributed by atoms with Crippen molar-refractivity contribution < 1.29 is 0 Å². The standard InChI is InChI=1S/C15H17N4PS2/c1-22-20(21)18-15(17-11-12-6-3-2-4-7-12)13(10-16)14-8-5-9-19(14)20/h2-4,6-7H,5,8-9,11H2,1H3,(H,17,18,21). The Morgan fingerprint density at radius 1 is 1.45 bits per heavy atom. The molecule has 1 atom stereocenters. The summed E-state index contributed by atoms with van der Waals surface area (Å²) in [5.41, 5.74) is 0.956. The Kier molecular flexibility index (Phi) is 4.58. The minimum Gasteiger partial charge on any atom is -0.323 e. The molecule has 4 nitrogen and oxygen atoms in total. The number of allylic oxidation sites excluding steroid dienone is 1. The van der Waals surface area contributed by atoms with Crippen LogP contribution in [0.2, 0.25) is 0 Å². The van der Waals surface area contributed by atoms with E-state index in [2.05, 4.69) is 20.8 Å². The summed E-state index contributed by atoms with van der Waals surface area (Å²) in [5.74, 6) is 0.678. The summed E-state index contributed by atoms with van der Waals surface area (Å²) in [6.45, 7) is 1.50. The Morgan fingerprint density at radius 2 is 2.23 bits per heavy atom. The molecule has 2 aliphatic rings. The van der Waals surface area contributed by atoms with Crippen molar-refractivity contribution in [2.45, 2.75) is 19.4 Å². The number of fused-ring (bicyclic) bond motifs is 1. The van der Waals surface area contributed by atoms with Gasteiger partial charge >= 0.3 is 0 Å². The average Bonchev–Trinajstić information content (AvgIpc) is 3.04. The van der Waals surface area contributed by atoms with Crippen molar-refractivity contribution in [3.05, 3.63) is 47.2 Å². The Hall–Kier alpha value is -1.28. The van der Waals surface area contributed by atoms with Crippen LogP contribution < -0.4 is 5.09 Å². The lowest BCUT2D eigenvalue weighted by atomic mass is 10.1. The van der Waals surface area contributed by atoms with Gasteiger partial charge < -0.3 is 9.76 Å². The number of nitriles is 1. The molecule has 0 aliphatic carbocycles. The molecule has 7 heteroatoms. The van der Waals surface area contributed by atoms with E-state index in [-0.39, 0.29) is 0 Å². The fourth-order valence-corrected chi connectivity index (χ4v) is 6.97. The first-order valence-electron chi connectivity index (χ1n) is 7.12. The van der Waals surface area contributed by atoms with Gasteiger partial charge in [0.1, 0.15) is 17.5 Å². The Labute approximate surface area is 140 Å². The van der Waals surface area contributed by atoms with Crippen LogP contribution in [0.25, 0.3) is 0 Å². The topological polar surface area (TPSA) is 51.4 Å². The molecule has 2 aliphatic heterocycles. The highest BCUT2D eigenvalue weighted by atomic mass is 32.9. The molecule has 0 saturated carbocycles. The minimum atomic E-state index is -1.93. The molecule has 0 spiro atoms. The van der Waals surface area contributed by atoms with E-state index in [9.17, 15) is 5.26 Å². The van der Waals surface area contributed by atoms with Gasteiger partial charge in [-0.25, -0.2) is 0 Å². The monoisotopic (exact) mass is 348 g/mol. The van der Waals surface area contributed by atoms with Gasteiger partial charge in [-0.05, 0) is 36.5 Å². The van der Waals surface area contributed by atoms with Crippen LogP contribution in [0.15, 0.2) is 46.6 Å². The van der Waals surface area contributed by atoms with Crippen LogP contribution in [-0.4, -0.2) is 23.3 Å². The molecule has 1 unspecified atom stereocenters. The Bertz CT molecular complexity index is 721. The predicted octanol–water partition coefficient (Wildman–Crippen LogP) is 3.65. The SMILES string of the molecule is CSP1(=S)NC(=NCc2ccccc2)C(C#N)=C2CCCN21. The van der Waals surface area contributed by atoms with E-state index >= 15 is 0 Å². The highest BCUT2D eigenvalue weighted by molar-refractivity contribution is 8.69. The molecule has 0 aromatic heterocycles. The lowest BCUT2D eigenvalue weighted by Crippen LogP contribution is -2.35. The molecular formula is C15H17N4PS2. The molecule has 1 aromatic carbocycles. The van der Waals surface area contributed by atoms with Crippen molar-refractivity contribution in [3.8, 4) is 6.07 Å². The third-order valence-corrected chi connectivity index (χ3v) is 10.4. The number of rotatable bonds is 3. The first kappa shape index (κ1) is 15.6. The van der Waals surface area contributed by atoms with Crippen LogP contribution >= 0.6 is 16.9 Å². The van der Waals surface area contributed by atoms with Gasteiger partial charge in [-0.1, -0.05) is 41.7 Å². The second-order valence-corrected chi connectivity index (χ2v) is 12.2. The lowest BCUT2D eigenvalue weighted by Gasteiger charge is -2.38. The van der Waals surface area contributed by atoms with Crippen LogP contribution in [-0.2, 0) is 18.4 Å². The van der Waals surface area contributed by atoms with Gasteiger partial charge in [-0.3, -0.25) is 4.99 Å². The molecule has 3 rings (SSSR count). The number of amidine groups is 1. The summed E-state index contributed by atoms with van der Waals surface area (Å²) in [4.78, 5) is 4.66. The van der Waals surface area contributed by atoms with E-state index in [0.717, 1.165) is 30.6 Å². The summed E-state index contributed by atoms with van der Waals surface area (Å²) in [6.07, 6.45) is 4.02. The predicted molar refractivity (Wildman–Crippen MR) is 97.1 cm³/mol. The van der Waals surface area contributed by atoms with Crippen LogP contribution in [0.3, 0.4) is 0 Å². The second-order valence-electron chi connectivity index (χ2n) is 5.13. The summed E-state index contributed by atoms with van der Waals surface area (Å²) < 4.78 is 2.24. The maximum Gasteiger partial charge on any atom is 0.178 e. The first-order valence-corrected chi connectivity index (χ1v) is 11.7. The van der Waals surface area contributed by atoms with Crippen molar-refractivity contribution in [3.63, 3.8) is 0 Å². The molecule has 0 amide bonds. The van der Waals surface area contributed by atoms with E-state index in [0.29, 0.717) is 18.0 Å². The maximum absolute atomic E-state index is 9.56. The van der Waals surface area contributed by atoms with E-state index in [4.69, 9.17) is 11.8 Å². The fraction of sp³-hybridized carbons (Fsp3) is 0.333. The molecule has 1 aromatic rings. The molecule has 0 radical (unpaired) electrons. The van der Waals surface area contributed by atoms with Gasteiger partial charge in [-0.2, -0.15) is 5.26 Å². The average molecular weight is 348 g/mol. The van der Waals surface area contributed by atoms with Crippen molar-refractivity contribution in [2.24, 2.45) is 4.99 Å². The Morgan fingerprint density at radius 3 is 2.91 bits per heavy atom. The number of hydrogen-bond acceptors (Lipinski definition) is 4. The van der Waals surface area contributed by atoms with Crippen molar-refractivity contribution in [1.82, 2.24) is 9.76 Å². The van der Waals surface area contributed by atoms with E-state index in [1.807, 2.05) is 36.6 Å². The van der Waals surface area contributed by atoms with Crippen LogP contribution in [0.4, 0.5) is 0 Å². The normalized spacial score (nSPS) is 25.8. The Balaban J connectivity index is 1.98. The van der Waals surface area contributed by atoms with E-state index in [1.165, 1.54) is 0 Å². The van der Waals surface area contributed by atoms with Crippen molar-refractivity contribution in [2.75, 3.05) is 12.8 Å². The molecule has 1 fully saturated rings. The lowest BCUT2D eigenvalue weighted by molar-refractivity contribution is 0.632. The number of nitrogens with one attached hydrogen (secondary N) is 1. The molecule has 0 bridgehead atoms. The zero-order chi connectivity index (χ0) is 15.6. The summed E-state index contributed by atoms with van der Waals surface area (Å²) in [6, 6.07) is 12.4. The molecule has 1 saturated heterocycles. The third-order valence-electron chi connectivity index (χ3n) is 3.81. The van der Waals surface area contributed by atoms with Gasteiger partial charge in [0.25, 0.3) is 0 Å². The van der Waals surface area contributed by atoms with E-state index < -0.39 is 5.54 Å². The van der Waals surface area contributed by atoms with E-state index in [1.54, 1.807) is 11.4 Å². The number of nitrogens with zero attached hydrogens (tertiary/aromatic N) is 3. The zero-order valence-corrected chi connectivity index (χ0v) is 14.8. The number of benzene rings is 1. The number of aliphatic imine (C=N–C) groups is 1. The first-order chi connectivity index (χ1) is 10.7. The third kappa shape index (κ3) is 2.81. The minimum absolute atomic E-state index is 0.561. The van der Waals surface area contributed by atoms with Crippen molar-refractivity contribution >= 4 is 34.6 Å². The molecule has 114 valence electrons. The molecule has 2 heterocycles. The summed E-state index contributed by atoms with van der Waals surface area (Å²) in [7, 11) is 0. The molecule has 1 N–H and O–H groups in total. The summed E-state index contributed by atoms with van der Waals surface area (Å²) >= 11 is 7.54. The van der Waals surface area contributed by atoms with Gasteiger partial charge in [0.05, 0.1) is 6.54 Å². The molecular weight excluding hydrogens is 331 g/mol. The smallest absolute Gasteiger partial charge is 0.178 e. The van der Waals surface area contributed by atoms with Gasteiger partial charge in [0, 0.05) is 12.2 Å². The quantitative estimate of drug-likeness (QED) is 0.845. The van der Waals surface area contributed by atoms with Gasteiger partial charge in [0.15, 0.2) is 5.54 Å². The largest absolute Gasteiger partial charge is 0.323 e. The van der Waals surface area contributed by atoms with Crippen LogP contribution in [0.5, 0.6) is 0 Å². The van der Waals surface area contributed by atoms with Gasteiger partial charge in [0.2, 0.25) is 0 Å². The van der Waals surface area contributed by atoms with Crippen LogP contribution in [0, 0.1) is 11.3 Å². The summed E-state index contributed by atoms with van der Waals surface area (Å²) in [5, 5.41) is 13.0. The van der Waals surface area contributed by atoms with Gasteiger partial charge in [-0.15, -0.1) is 0 Å². The number of hydrogen-bond donors (Lipinski definition) is 1. The highest BCUT2D eigenvalue weighted by Crippen LogP contribution is 2.63. The molecule has 22 heavy (non-hydrogen) atoms. The zero-order valence-electron chi connectivity index (χ0n) is 12.3. The van der Waals surface area contributed by atoms with Crippen LogP contribution in [0.1, 0.15) is 18.4 Å². The highest BCUT2D eigenvalue weighted by Gasteiger charge is 2.38. The maximum atomic E-state index is 9.56. The fourth-order valence-electron chi connectivity index (χ4n) is 2.72. The van der Waals surface area contributed by atoms with Crippen molar-refractivity contribution in [1.29, 1.82) is 5.26 Å². The second kappa shape index (κ2) is 6.45.